The van der Waals surface area contributed by atoms with Crippen LogP contribution in [0.15, 0.2) is 60.2 Å². The fraction of sp³-hybridized carbons (Fsp3) is 0.150. The Kier molecular flexibility index (Phi) is 6.68. The van der Waals surface area contributed by atoms with Crippen molar-refractivity contribution in [3.63, 3.8) is 0 Å². The topological polar surface area (TPSA) is 78.7 Å². The van der Waals surface area contributed by atoms with Crippen LogP contribution in [0.1, 0.15) is 18.1 Å². The minimum atomic E-state index is -0.457. The van der Waals surface area contributed by atoms with E-state index in [9.17, 15) is 14.9 Å². The van der Waals surface area contributed by atoms with E-state index in [1.165, 1.54) is 12.1 Å². The van der Waals surface area contributed by atoms with Crippen molar-refractivity contribution in [3.8, 4) is 5.75 Å². The number of esters is 1. The Hall–Kier alpha value is -3.41. The summed E-state index contributed by atoms with van der Waals surface area (Å²) in [6, 6.07) is 13.3. The summed E-state index contributed by atoms with van der Waals surface area (Å²) >= 11 is 0. The van der Waals surface area contributed by atoms with Crippen molar-refractivity contribution in [1.82, 2.24) is 0 Å². The van der Waals surface area contributed by atoms with Crippen LogP contribution in [0, 0.1) is 10.1 Å². The number of nitrogens with zero attached hydrogens (tertiary/aromatic N) is 1. The number of carbonyl (C=O) groups excluding carboxylic acids is 1. The van der Waals surface area contributed by atoms with Crippen molar-refractivity contribution in [1.29, 1.82) is 0 Å². The monoisotopic (exact) mass is 353 g/mol. The predicted molar refractivity (Wildman–Crippen MR) is 99.7 cm³/mol. The highest BCUT2D eigenvalue weighted by Gasteiger charge is 2.08. The fourth-order valence-electron chi connectivity index (χ4n) is 2.16. The third kappa shape index (κ3) is 5.31. The maximum atomic E-state index is 12.2. The van der Waals surface area contributed by atoms with Gasteiger partial charge in [0.25, 0.3) is 5.69 Å². The van der Waals surface area contributed by atoms with Crippen LogP contribution in [0.2, 0.25) is 0 Å². The minimum absolute atomic E-state index is 0.0153. The van der Waals surface area contributed by atoms with E-state index in [0.717, 1.165) is 16.9 Å². The second-order valence-corrected chi connectivity index (χ2v) is 5.28. The van der Waals surface area contributed by atoms with Crippen LogP contribution in [0.5, 0.6) is 5.75 Å². The van der Waals surface area contributed by atoms with Gasteiger partial charge in [0.1, 0.15) is 5.75 Å². The molecule has 0 aliphatic rings. The van der Waals surface area contributed by atoms with Crippen molar-refractivity contribution >= 4 is 23.8 Å². The number of benzene rings is 2. The molecule has 0 radical (unpaired) electrons. The Morgan fingerprint density at radius 2 is 1.69 bits per heavy atom. The summed E-state index contributed by atoms with van der Waals surface area (Å²) < 4.78 is 10.2. The molecule has 2 aromatic rings. The second-order valence-electron chi connectivity index (χ2n) is 5.28. The van der Waals surface area contributed by atoms with Crippen LogP contribution in [0.25, 0.3) is 12.2 Å². The van der Waals surface area contributed by atoms with E-state index in [1.54, 1.807) is 56.5 Å². The number of non-ortho nitro benzene ring substituents is 1. The first-order valence-corrected chi connectivity index (χ1v) is 7.99. The Bertz CT molecular complexity index is 820. The average Bonchev–Trinajstić information content (AvgIpc) is 2.66. The highest BCUT2D eigenvalue weighted by Crippen LogP contribution is 2.17. The number of hydrogen-bond donors (Lipinski definition) is 0. The van der Waals surface area contributed by atoms with Crippen LogP contribution in [-0.4, -0.2) is 24.6 Å². The summed E-state index contributed by atoms with van der Waals surface area (Å²) in [5, 5.41) is 10.7. The molecule has 0 bridgehead atoms. The quantitative estimate of drug-likeness (QED) is 0.244. The number of nitro groups is 1. The molecule has 0 aromatic heterocycles. The number of rotatable bonds is 7. The molecule has 0 atom stereocenters. The Balaban J connectivity index is 2.27. The van der Waals surface area contributed by atoms with E-state index in [4.69, 9.17) is 9.47 Å². The molecule has 2 aromatic carbocycles. The van der Waals surface area contributed by atoms with E-state index in [1.807, 2.05) is 12.1 Å². The highest BCUT2D eigenvalue weighted by molar-refractivity contribution is 5.97. The smallest absolute Gasteiger partial charge is 0.338 e. The van der Waals surface area contributed by atoms with Gasteiger partial charge in [0.15, 0.2) is 0 Å². The molecular weight excluding hydrogens is 334 g/mol. The first-order valence-electron chi connectivity index (χ1n) is 7.99. The molecule has 0 spiro atoms. The third-order valence-electron chi connectivity index (χ3n) is 3.51. The van der Waals surface area contributed by atoms with Gasteiger partial charge < -0.3 is 9.47 Å². The molecule has 0 aliphatic carbocycles. The predicted octanol–water partition coefficient (Wildman–Crippen LogP) is 4.26. The Morgan fingerprint density at radius 3 is 2.23 bits per heavy atom. The SMILES string of the molecule is CCOC(=O)C(/C=C/c1ccc([N+](=O)[O-])cc1)=C/c1ccc(OC)cc1. The molecule has 2 rings (SSSR count). The first kappa shape index (κ1) is 18.9. The summed E-state index contributed by atoms with van der Waals surface area (Å²) in [5.74, 6) is 0.280. The molecule has 0 fully saturated rings. The van der Waals surface area contributed by atoms with Crippen LogP contribution < -0.4 is 4.74 Å². The van der Waals surface area contributed by atoms with Gasteiger partial charge in [-0.3, -0.25) is 10.1 Å². The zero-order chi connectivity index (χ0) is 18.9. The van der Waals surface area contributed by atoms with Gasteiger partial charge in [-0.25, -0.2) is 4.79 Å². The highest BCUT2D eigenvalue weighted by atomic mass is 16.6. The van der Waals surface area contributed by atoms with Gasteiger partial charge in [-0.05, 0) is 54.5 Å². The Morgan fingerprint density at radius 1 is 1.08 bits per heavy atom. The van der Waals surface area contributed by atoms with Crippen molar-refractivity contribution in [3.05, 3.63) is 81.4 Å². The van der Waals surface area contributed by atoms with Gasteiger partial charge in [0.05, 0.1) is 24.2 Å². The number of ether oxygens (including phenoxy) is 2. The standard InChI is InChI=1S/C20H19NO5/c1-3-26-20(22)17(14-16-7-12-19(25-2)13-8-16)9-4-15-5-10-18(11-6-15)21(23)24/h4-14H,3H2,1-2H3/b9-4+,17-14+. The van der Waals surface area contributed by atoms with Crippen LogP contribution in [-0.2, 0) is 9.53 Å². The summed E-state index contributed by atoms with van der Waals surface area (Å²) in [6.45, 7) is 2.01. The average molecular weight is 353 g/mol. The first-order chi connectivity index (χ1) is 12.5. The zero-order valence-corrected chi connectivity index (χ0v) is 14.5. The van der Waals surface area contributed by atoms with Crippen molar-refractivity contribution in [2.75, 3.05) is 13.7 Å². The summed E-state index contributed by atoms with van der Waals surface area (Å²) in [5.41, 5.74) is 1.94. The summed E-state index contributed by atoms with van der Waals surface area (Å²) in [4.78, 5) is 22.4. The van der Waals surface area contributed by atoms with Gasteiger partial charge in [-0.2, -0.15) is 0 Å². The normalized spacial score (nSPS) is 11.4. The number of carbonyl (C=O) groups is 1. The van der Waals surface area contributed by atoms with Crippen LogP contribution in [0.3, 0.4) is 0 Å². The molecule has 26 heavy (non-hydrogen) atoms. The molecule has 6 heteroatoms. The molecule has 0 aliphatic heterocycles. The van der Waals surface area contributed by atoms with Gasteiger partial charge in [-0.1, -0.05) is 18.2 Å². The van der Waals surface area contributed by atoms with E-state index < -0.39 is 10.9 Å². The van der Waals surface area contributed by atoms with E-state index in [2.05, 4.69) is 0 Å². The largest absolute Gasteiger partial charge is 0.497 e. The maximum Gasteiger partial charge on any atom is 0.338 e. The summed E-state index contributed by atoms with van der Waals surface area (Å²) in [7, 11) is 1.59. The van der Waals surface area contributed by atoms with Gasteiger partial charge >= 0.3 is 5.97 Å². The third-order valence-corrected chi connectivity index (χ3v) is 3.51. The number of methoxy groups -OCH3 is 1. The minimum Gasteiger partial charge on any atom is -0.497 e. The lowest BCUT2D eigenvalue weighted by molar-refractivity contribution is -0.384. The van der Waals surface area contributed by atoms with Crippen LogP contribution in [0.4, 0.5) is 5.69 Å². The number of nitro benzene ring substituents is 1. The molecule has 0 saturated heterocycles. The van der Waals surface area contributed by atoms with E-state index in [-0.39, 0.29) is 12.3 Å². The Labute approximate surface area is 151 Å². The van der Waals surface area contributed by atoms with E-state index >= 15 is 0 Å². The zero-order valence-electron chi connectivity index (χ0n) is 14.5. The lowest BCUT2D eigenvalue weighted by Gasteiger charge is -2.04. The second kappa shape index (κ2) is 9.17. The van der Waals surface area contributed by atoms with Gasteiger partial charge in [0.2, 0.25) is 0 Å². The molecular formula is C20H19NO5. The fourth-order valence-corrected chi connectivity index (χ4v) is 2.16. The lowest BCUT2D eigenvalue weighted by atomic mass is 10.1. The lowest BCUT2D eigenvalue weighted by Crippen LogP contribution is -2.05. The summed E-state index contributed by atoms with van der Waals surface area (Å²) in [6.07, 6.45) is 5.04. The molecule has 0 heterocycles. The van der Waals surface area contributed by atoms with Crippen molar-refractivity contribution in [2.45, 2.75) is 6.92 Å². The van der Waals surface area contributed by atoms with Crippen LogP contribution >= 0.6 is 0 Å². The molecule has 0 amide bonds. The van der Waals surface area contributed by atoms with Crippen molar-refractivity contribution < 1.29 is 19.2 Å². The molecule has 6 nitrogen and oxygen atoms in total. The van der Waals surface area contributed by atoms with E-state index in [0.29, 0.717) is 5.57 Å². The van der Waals surface area contributed by atoms with Gasteiger partial charge in [-0.15, -0.1) is 0 Å². The molecule has 134 valence electrons. The van der Waals surface area contributed by atoms with Crippen molar-refractivity contribution in [2.24, 2.45) is 0 Å². The maximum absolute atomic E-state index is 12.2. The number of hydrogen-bond acceptors (Lipinski definition) is 5. The molecule has 0 unspecified atom stereocenters. The van der Waals surface area contributed by atoms with Gasteiger partial charge in [0, 0.05) is 12.1 Å². The molecule has 0 N–H and O–H groups in total. The molecule has 0 saturated carbocycles.